The van der Waals surface area contributed by atoms with Crippen LogP contribution in [-0.2, 0) is 16.6 Å². The van der Waals surface area contributed by atoms with Crippen LogP contribution < -0.4 is 15.8 Å². The van der Waals surface area contributed by atoms with Crippen molar-refractivity contribution < 1.29 is 8.42 Å². The number of aliphatic imine (C=N–C) groups is 1. The van der Waals surface area contributed by atoms with Crippen molar-refractivity contribution in [2.75, 3.05) is 7.05 Å². The van der Waals surface area contributed by atoms with Gasteiger partial charge in [-0.1, -0.05) is 12.1 Å². The number of nitrogens with zero attached hydrogens (tertiary/aromatic N) is 1. The zero-order valence-electron chi connectivity index (χ0n) is 10.8. The van der Waals surface area contributed by atoms with Gasteiger partial charge in [0.05, 0.1) is 4.90 Å². The Labute approximate surface area is 113 Å². The molecule has 19 heavy (non-hydrogen) atoms. The maximum atomic E-state index is 11.3. The molecule has 0 atom stereocenters. The van der Waals surface area contributed by atoms with E-state index < -0.39 is 10.0 Å². The second-order valence-corrected chi connectivity index (χ2v) is 6.10. The van der Waals surface area contributed by atoms with Gasteiger partial charge in [-0.25, -0.2) is 13.6 Å². The second-order valence-electron chi connectivity index (χ2n) is 4.54. The Kier molecular flexibility index (Phi) is 4.06. The van der Waals surface area contributed by atoms with Gasteiger partial charge in [-0.05, 0) is 30.5 Å². The first-order chi connectivity index (χ1) is 8.99. The van der Waals surface area contributed by atoms with Crippen LogP contribution in [0.2, 0.25) is 0 Å². The van der Waals surface area contributed by atoms with Crippen LogP contribution in [0.1, 0.15) is 18.4 Å². The van der Waals surface area contributed by atoms with E-state index in [1.807, 2.05) is 6.07 Å². The molecule has 1 saturated carbocycles. The van der Waals surface area contributed by atoms with Crippen molar-refractivity contribution in [2.24, 2.45) is 10.1 Å². The quantitative estimate of drug-likeness (QED) is 0.541. The summed E-state index contributed by atoms with van der Waals surface area (Å²) < 4.78 is 22.5. The van der Waals surface area contributed by atoms with E-state index in [0.29, 0.717) is 12.6 Å². The molecule has 0 unspecified atom stereocenters. The van der Waals surface area contributed by atoms with Crippen molar-refractivity contribution in [1.29, 1.82) is 0 Å². The maximum Gasteiger partial charge on any atom is 0.238 e. The molecule has 7 heteroatoms. The highest BCUT2D eigenvalue weighted by Crippen LogP contribution is 2.18. The zero-order chi connectivity index (χ0) is 13.9. The molecule has 1 aliphatic rings. The van der Waals surface area contributed by atoms with E-state index in [-0.39, 0.29) is 4.90 Å². The number of hydrogen-bond acceptors (Lipinski definition) is 3. The van der Waals surface area contributed by atoms with E-state index in [9.17, 15) is 8.42 Å². The van der Waals surface area contributed by atoms with Gasteiger partial charge in [-0.2, -0.15) is 0 Å². The lowest BCUT2D eigenvalue weighted by Crippen LogP contribution is -2.38. The van der Waals surface area contributed by atoms with Gasteiger partial charge >= 0.3 is 0 Å². The number of nitrogens with two attached hydrogens (primary N) is 1. The van der Waals surface area contributed by atoms with E-state index in [0.717, 1.165) is 11.5 Å². The summed E-state index contributed by atoms with van der Waals surface area (Å²) in [7, 11) is -1.95. The molecule has 1 fully saturated rings. The maximum absolute atomic E-state index is 11.3. The molecule has 0 aliphatic heterocycles. The first-order valence-corrected chi connectivity index (χ1v) is 7.62. The normalized spacial score (nSPS) is 16.2. The third kappa shape index (κ3) is 4.22. The van der Waals surface area contributed by atoms with Gasteiger partial charge in [0, 0.05) is 19.6 Å². The van der Waals surface area contributed by atoms with Crippen LogP contribution >= 0.6 is 0 Å². The van der Waals surface area contributed by atoms with Crippen molar-refractivity contribution in [3.8, 4) is 0 Å². The summed E-state index contributed by atoms with van der Waals surface area (Å²) >= 11 is 0. The van der Waals surface area contributed by atoms with Gasteiger partial charge in [0.15, 0.2) is 5.96 Å². The molecular formula is C12H18N4O2S. The van der Waals surface area contributed by atoms with Gasteiger partial charge in [-0.15, -0.1) is 0 Å². The fourth-order valence-corrected chi connectivity index (χ4v) is 2.22. The summed E-state index contributed by atoms with van der Waals surface area (Å²) in [6.07, 6.45) is 2.34. The fraction of sp³-hybridized carbons (Fsp3) is 0.417. The highest BCUT2D eigenvalue weighted by Gasteiger charge is 2.22. The summed E-state index contributed by atoms with van der Waals surface area (Å²) in [5.41, 5.74) is 0.838. The number of rotatable bonds is 4. The first kappa shape index (κ1) is 13.8. The minimum absolute atomic E-state index is 0.122. The Balaban J connectivity index is 1.98. The van der Waals surface area contributed by atoms with Gasteiger partial charge in [0.1, 0.15) is 0 Å². The molecule has 1 aliphatic carbocycles. The van der Waals surface area contributed by atoms with Crippen molar-refractivity contribution in [2.45, 2.75) is 30.3 Å². The number of guanidine groups is 1. The van der Waals surface area contributed by atoms with Gasteiger partial charge in [0.2, 0.25) is 10.0 Å². The van der Waals surface area contributed by atoms with Gasteiger partial charge in [0.25, 0.3) is 0 Å². The van der Waals surface area contributed by atoms with Crippen LogP contribution in [0.15, 0.2) is 34.2 Å². The Bertz CT molecular complexity index is 579. The molecule has 2 rings (SSSR count). The Hall–Kier alpha value is -1.60. The van der Waals surface area contributed by atoms with Crippen LogP contribution in [0.25, 0.3) is 0 Å². The lowest BCUT2D eigenvalue weighted by Gasteiger charge is -2.11. The zero-order valence-corrected chi connectivity index (χ0v) is 11.6. The van der Waals surface area contributed by atoms with E-state index in [1.165, 1.54) is 18.9 Å². The molecule has 4 N–H and O–H groups in total. The summed E-state index contributed by atoms with van der Waals surface area (Å²) in [5.74, 6) is 0.725. The molecule has 6 nitrogen and oxygen atoms in total. The van der Waals surface area contributed by atoms with Gasteiger partial charge in [-0.3, -0.25) is 4.99 Å². The van der Waals surface area contributed by atoms with Crippen molar-refractivity contribution in [3.63, 3.8) is 0 Å². The van der Waals surface area contributed by atoms with Crippen LogP contribution in [0.3, 0.4) is 0 Å². The van der Waals surface area contributed by atoms with Gasteiger partial charge < -0.3 is 10.6 Å². The molecule has 0 amide bonds. The molecule has 0 heterocycles. The summed E-state index contributed by atoms with van der Waals surface area (Å²) in [4.78, 5) is 4.23. The predicted molar refractivity (Wildman–Crippen MR) is 74.2 cm³/mol. The first-order valence-electron chi connectivity index (χ1n) is 6.08. The minimum atomic E-state index is -3.65. The topological polar surface area (TPSA) is 96.6 Å². The third-order valence-electron chi connectivity index (χ3n) is 2.83. The van der Waals surface area contributed by atoms with Crippen LogP contribution in [0.5, 0.6) is 0 Å². The number of nitrogens with one attached hydrogen (secondary N) is 2. The standard InChI is InChI=1S/C12H18N4O2S/c1-14-12(16-10-5-6-10)15-8-9-3-2-4-11(7-9)19(13,17)18/h2-4,7,10H,5-6,8H2,1H3,(H2,13,17,18)(H2,14,15,16). The third-order valence-corrected chi connectivity index (χ3v) is 3.74. The molecular weight excluding hydrogens is 264 g/mol. The average molecular weight is 282 g/mol. The molecule has 104 valence electrons. The molecule has 0 spiro atoms. The molecule has 1 aromatic carbocycles. The van der Waals surface area contributed by atoms with Crippen molar-refractivity contribution in [1.82, 2.24) is 10.6 Å². The highest BCUT2D eigenvalue weighted by atomic mass is 32.2. The Morgan fingerprint density at radius 1 is 1.47 bits per heavy atom. The molecule has 0 bridgehead atoms. The molecule has 1 aromatic rings. The summed E-state index contributed by atoms with van der Waals surface area (Å²) in [5, 5.41) is 11.5. The SMILES string of the molecule is CN=C(NCc1cccc(S(N)(=O)=O)c1)NC1CC1. The average Bonchev–Trinajstić information content (AvgIpc) is 3.17. The van der Waals surface area contributed by atoms with E-state index in [1.54, 1.807) is 19.2 Å². The highest BCUT2D eigenvalue weighted by molar-refractivity contribution is 7.89. The largest absolute Gasteiger partial charge is 0.354 e. The number of sulfonamides is 1. The lowest BCUT2D eigenvalue weighted by atomic mass is 10.2. The number of benzene rings is 1. The fourth-order valence-electron chi connectivity index (χ4n) is 1.63. The van der Waals surface area contributed by atoms with E-state index >= 15 is 0 Å². The summed E-state index contributed by atoms with van der Waals surface area (Å²) in [6, 6.07) is 7.07. The predicted octanol–water partition coefficient (Wildman–Crippen LogP) is 0.161. The van der Waals surface area contributed by atoms with Crippen LogP contribution in [0.4, 0.5) is 0 Å². The number of hydrogen-bond donors (Lipinski definition) is 3. The second kappa shape index (κ2) is 5.58. The smallest absolute Gasteiger partial charge is 0.238 e. The minimum Gasteiger partial charge on any atom is -0.354 e. The van der Waals surface area contributed by atoms with Crippen LogP contribution in [0, 0.1) is 0 Å². The molecule has 0 saturated heterocycles. The lowest BCUT2D eigenvalue weighted by molar-refractivity contribution is 0.597. The van der Waals surface area contributed by atoms with E-state index in [4.69, 9.17) is 5.14 Å². The van der Waals surface area contributed by atoms with E-state index in [2.05, 4.69) is 15.6 Å². The summed E-state index contributed by atoms with van der Waals surface area (Å²) in [6.45, 7) is 0.496. The number of primary sulfonamides is 1. The molecule has 0 radical (unpaired) electrons. The van der Waals surface area contributed by atoms with Crippen molar-refractivity contribution in [3.05, 3.63) is 29.8 Å². The monoisotopic (exact) mass is 282 g/mol. The van der Waals surface area contributed by atoms with Crippen molar-refractivity contribution >= 4 is 16.0 Å². The Morgan fingerprint density at radius 3 is 2.79 bits per heavy atom. The molecule has 0 aromatic heterocycles. The van der Waals surface area contributed by atoms with Crippen LogP contribution in [-0.4, -0.2) is 27.5 Å². The Morgan fingerprint density at radius 2 is 2.21 bits per heavy atom.